The summed E-state index contributed by atoms with van der Waals surface area (Å²) >= 11 is 0. The second-order valence-corrected chi connectivity index (χ2v) is 14.1. The van der Waals surface area contributed by atoms with E-state index in [1.54, 1.807) is 0 Å². The van der Waals surface area contributed by atoms with Crippen LogP contribution in [0.2, 0.25) is 0 Å². The molecule has 0 aromatic heterocycles. The maximum atomic E-state index is 10.6. The summed E-state index contributed by atoms with van der Waals surface area (Å²) in [6, 6.07) is 11.5. The van der Waals surface area contributed by atoms with Crippen LogP contribution >= 0.6 is 0 Å². The summed E-state index contributed by atoms with van der Waals surface area (Å²) < 4.78 is 0. The van der Waals surface area contributed by atoms with Gasteiger partial charge in [0.15, 0.2) is 0 Å². The van der Waals surface area contributed by atoms with Crippen molar-refractivity contribution in [2.24, 2.45) is 0 Å². The highest BCUT2D eigenvalue weighted by molar-refractivity contribution is 5.89. The SMILES string of the molecule is CC(C)=CCC/C(C)=C/CC/C(C)=C/CC/C(C)=C/CC/C(C)=C/CC/C(C)=C/CC/C(C)=C/Cc1[c]c2ccccc2c(O)c1C. The lowest BCUT2D eigenvalue weighted by molar-refractivity contribution is 0.477. The van der Waals surface area contributed by atoms with Crippen LogP contribution in [0.25, 0.3) is 10.8 Å². The van der Waals surface area contributed by atoms with Crippen LogP contribution in [0.1, 0.15) is 144 Å². The average molecular weight is 634 g/mol. The molecule has 0 unspecified atom stereocenters. The van der Waals surface area contributed by atoms with Gasteiger partial charge in [-0.2, -0.15) is 0 Å². The van der Waals surface area contributed by atoms with Gasteiger partial charge in [-0.1, -0.05) is 106 Å². The molecule has 0 spiro atoms. The van der Waals surface area contributed by atoms with Gasteiger partial charge < -0.3 is 5.11 Å². The van der Waals surface area contributed by atoms with Crippen LogP contribution in [-0.4, -0.2) is 5.11 Å². The highest BCUT2D eigenvalue weighted by Crippen LogP contribution is 2.31. The van der Waals surface area contributed by atoms with Gasteiger partial charge in [-0.15, -0.1) is 0 Å². The average Bonchev–Trinajstić information content (AvgIpc) is 3.02. The van der Waals surface area contributed by atoms with Gasteiger partial charge in [-0.05, 0) is 168 Å². The zero-order valence-corrected chi connectivity index (χ0v) is 31.5. The van der Waals surface area contributed by atoms with E-state index in [0.717, 1.165) is 79.7 Å². The van der Waals surface area contributed by atoms with Gasteiger partial charge in [-0.3, -0.25) is 0 Å². The van der Waals surface area contributed by atoms with Crippen molar-refractivity contribution in [3.63, 3.8) is 0 Å². The van der Waals surface area contributed by atoms with Crippen LogP contribution in [0.15, 0.2) is 106 Å². The summed E-state index contributed by atoms with van der Waals surface area (Å²) in [5, 5.41) is 12.5. The molecule has 1 nitrogen and oxygen atoms in total. The zero-order valence-electron chi connectivity index (χ0n) is 31.5. The molecule has 0 saturated heterocycles. The number of fused-ring (bicyclic) bond motifs is 1. The van der Waals surface area contributed by atoms with E-state index < -0.39 is 0 Å². The van der Waals surface area contributed by atoms with E-state index in [2.05, 4.69) is 104 Å². The third-order valence-electron chi connectivity index (χ3n) is 9.18. The van der Waals surface area contributed by atoms with Gasteiger partial charge in [-0.25, -0.2) is 0 Å². The lowest BCUT2D eigenvalue weighted by Gasteiger charge is -2.10. The quantitative estimate of drug-likeness (QED) is 0.144. The summed E-state index contributed by atoms with van der Waals surface area (Å²) in [6.45, 7) is 20.0. The normalized spacial score (nSPS) is 13.9. The largest absolute Gasteiger partial charge is 0.507 e. The first-order chi connectivity index (χ1) is 22.5. The Morgan fingerprint density at radius 2 is 0.894 bits per heavy atom. The van der Waals surface area contributed by atoms with Crippen molar-refractivity contribution in [3.8, 4) is 5.75 Å². The molecule has 47 heavy (non-hydrogen) atoms. The lowest BCUT2D eigenvalue weighted by Crippen LogP contribution is -1.91. The summed E-state index contributed by atoms with van der Waals surface area (Å²) in [5.41, 5.74) is 12.4. The Kier molecular flexibility index (Phi) is 18.9. The third-order valence-corrected chi connectivity index (χ3v) is 9.18. The first kappa shape index (κ1) is 39.9. The third kappa shape index (κ3) is 16.9. The maximum Gasteiger partial charge on any atom is 0.126 e. The number of benzene rings is 2. The smallest absolute Gasteiger partial charge is 0.126 e. The fourth-order valence-corrected chi connectivity index (χ4v) is 5.81. The monoisotopic (exact) mass is 634 g/mol. The number of aromatic hydroxyl groups is 1. The summed E-state index contributed by atoms with van der Waals surface area (Å²) in [7, 11) is 0. The molecule has 0 aliphatic carbocycles. The van der Waals surface area contributed by atoms with E-state index in [0.29, 0.717) is 5.75 Å². The Hall–Kier alpha value is -3.32. The minimum absolute atomic E-state index is 0.388. The van der Waals surface area contributed by atoms with Crippen molar-refractivity contribution < 1.29 is 5.11 Å². The van der Waals surface area contributed by atoms with Gasteiger partial charge in [0.2, 0.25) is 0 Å². The maximum absolute atomic E-state index is 10.6. The van der Waals surface area contributed by atoms with E-state index in [4.69, 9.17) is 0 Å². The first-order valence-electron chi connectivity index (χ1n) is 18.2. The molecular formula is C46H65O. The van der Waals surface area contributed by atoms with Crippen molar-refractivity contribution >= 4 is 10.8 Å². The minimum atomic E-state index is 0.388. The van der Waals surface area contributed by atoms with Crippen molar-refractivity contribution in [1.82, 2.24) is 0 Å². The number of phenols is 1. The van der Waals surface area contributed by atoms with E-state index in [9.17, 15) is 5.11 Å². The predicted octanol–water partition coefficient (Wildman–Crippen LogP) is 14.5. The van der Waals surface area contributed by atoms with Gasteiger partial charge in [0, 0.05) is 5.39 Å². The zero-order chi connectivity index (χ0) is 34.6. The number of allylic oxidation sites excluding steroid dienone is 14. The Labute approximate surface area is 289 Å². The Morgan fingerprint density at radius 1 is 0.532 bits per heavy atom. The number of phenolic OH excluding ortho intramolecular Hbond substituents is 1. The summed E-state index contributed by atoms with van der Waals surface area (Å²) in [5.74, 6) is 0.388. The Morgan fingerprint density at radius 3 is 1.30 bits per heavy atom. The highest BCUT2D eigenvalue weighted by atomic mass is 16.3. The van der Waals surface area contributed by atoms with Gasteiger partial charge in [0.25, 0.3) is 0 Å². The lowest BCUT2D eigenvalue weighted by atomic mass is 9.97. The predicted molar refractivity (Wildman–Crippen MR) is 210 cm³/mol. The van der Waals surface area contributed by atoms with Gasteiger partial charge in [0.05, 0.1) is 0 Å². The molecule has 0 amide bonds. The number of hydrogen-bond acceptors (Lipinski definition) is 1. The Balaban J connectivity index is 1.64. The van der Waals surface area contributed by atoms with Gasteiger partial charge >= 0.3 is 0 Å². The van der Waals surface area contributed by atoms with Crippen LogP contribution in [0.3, 0.4) is 0 Å². The molecule has 0 atom stereocenters. The molecule has 2 rings (SSSR count). The standard InChI is InChI=1S/C46H65O/c1-35(2)18-12-19-36(3)20-13-21-37(4)22-14-23-38(5)24-15-25-39(6)26-16-27-40(7)28-17-29-41(8)32-33-43-34-44-30-10-11-31-45(44)46(47)42(43)9/h10-11,18,20,22,24,26,28,30-32,47H,12-17,19,21,23,25,27,29,33H2,1-9H3/b36-20+,37-22+,38-24+,39-26+,40-28+,41-32+. The van der Waals surface area contributed by atoms with Crippen molar-refractivity contribution in [2.75, 3.05) is 0 Å². The second-order valence-electron chi connectivity index (χ2n) is 14.1. The van der Waals surface area contributed by atoms with Crippen molar-refractivity contribution in [3.05, 3.63) is 123 Å². The topological polar surface area (TPSA) is 20.2 Å². The van der Waals surface area contributed by atoms with Gasteiger partial charge in [0.1, 0.15) is 5.75 Å². The molecule has 0 aliphatic heterocycles. The number of hydrogen-bond donors (Lipinski definition) is 1. The van der Waals surface area contributed by atoms with E-state index in [-0.39, 0.29) is 0 Å². The first-order valence-corrected chi connectivity index (χ1v) is 18.2. The number of rotatable bonds is 20. The fourth-order valence-electron chi connectivity index (χ4n) is 5.81. The van der Waals surface area contributed by atoms with E-state index in [1.165, 1.54) is 64.7 Å². The molecule has 0 fully saturated rings. The van der Waals surface area contributed by atoms with Crippen LogP contribution in [0.5, 0.6) is 5.75 Å². The Bertz CT molecular complexity index is 1480. The fraction of sp³-hybridized carbons (Fsp3) is 0.478. The van der Waals surface area contributed by atoms with Crippen LogP contribution in [-0.2, 0) is 6.42 Å². The van der Waals surface area contributed by atoms with Crippen LogP contribution < -0.4 is 0 Å². The molecule has 2 aromatic carbocycles. The second kappa shape index (κ2) is 22.3. The minimum Gasteiger partial charge on any atom is -0.507 e. The highest BCUT2D eigenvalue weighted by Gasteiger charge is 2.08. The summed E-state index contributed by atoms with van der Waals surface area (Å²) in [6.07, 6.45) is 31.3. The summed E-state index contributed by atoms with van der Waals surface area (Å²) in [4.78, 5) is 0. The van der Waals surface area contributed by atoms with E-state index >= 15 is 0 Å². The molecule has 2 aromatic rings. The van der Waals surface area contributed by atoms with Crippen molar-refractivity contribution in [1.29, 1.82) is 0 Å². The molecule has 0 saturated carbocycles. The molecule has 0 bridgehead atoms. The molecule has 0 aliphatic rings. The molecule has 0 heterocycles. The molecule has 255 valence electrons. The molecule has 1 heteroatoms. The van der Waals surface area contributed by atoms with Crippen molar-refractivity contribution in [2.45, 2.75) is 146 Å². The van der Waals surface area contributed by atoms with Crippen LogP contribution in [0.4, 0.5) is 0 Å². The molecule has 1 N–H and O–H groups in total. The molecular weight excluding hydrogens is 569 g/mol. The molecule has 1 radical (unpaired) electrons. The van der Waals surface area contributed by atoms with Crippen LogP contribution in [0, 0.1) is 13.0 Å². The van der Waals surface area contributed by atoms with E-state index in [1.807, 2.05) is 31.2 Å².